The zero-order valence-electron chi connectivity index (χ0n) is 19.7. The fourth-order valence-electron chi connectivity index (χ4n) is 5.19. The van der Waals surface area contributed by atoms with Gasteiger partial charge in [0.1, 0.15) is 5.82 Å². The summed E-state index contributed by atoms with van der Waals surface area (Å²) >= 11 is 0. The Hall–Kier alpha value is -2.79. The molecule has 0 saturated carbocycles. The highest BCUT2D eigenvalue weighted by Crippen LogP contribution is 2.52. The van der Waals surface area contributed by atoms with Gasteiger partial charge in [0.15, 0.2) is 0 Å². The van der Waals surface area contributed by atoms with Gasteiger partial charge in [-0.1, -0.05) is 43.3 Å². The molecule has 1 aliphatic carbocycles. The first-order chi connectivity index (χ1) is 15.7. The first-order valence-electron chi connectivity index (χ1n) is 11.4. The number of rotatable bonds is 6. The molecule has 2 atom stereocenters. The number of carbonyl (C=O) groups excluding carboxylic acids is 1. The van der Waals surface area contributed by atoms with E-state index in [1.807, 2.05) is 19.1 Å². The topological polar surface area (TPSA) is 29.5 Å². The van der Waals surface area contributed by atoms with E-state index in [0.717, 1.165) is 12.8 Å². The lowest BCUT2D eigenvalue weighted by atomic mass is 9.78. The molecule has 4 rings (SSSR count). The summed E-state index contributed by atoms with van der Waals surface area (Å²) in [5.74, 6) is -0.966. The third kappa shape index (κ3) is 4.51. The van der Waals surface area contributed by atoms with Crippen LogP contribution in [-0.2, 0) is 16.0 Å². The molecule has 2 aromatic rings. The van der Waals surface area contributed by atoms with Crippen LogP contribution in [0.4, 0.5) is 8.78 Å². The van der Waals surface area contributed by atoms with Gasteiger partial charge in [0.2, 0.25) is 0 Å². The summed E-state index contributed by atoms with van der Waals surface area (Å²) in [4.78, 5) is 13.7. The highest BCUT2D eigenvalue weighted by atomic mass is 19.1. The molecule has 0 N–H and O–H groups in total. The fraction of sp³-hybridized carbons (Fsp3) is 0.393. The van der Waals surface area contributed by atoms with Crippen molar-refractivity contribution in [3.05, 3.63) is 82.2 Å². The monoisotopic (exact) mass is 451 g/mol. The lowest BCUT2D eigenvalue weighted by Gasteiger charge is -2.49. The van der Waals surface area contributed by atoms with Gasteiger partial charge >= 0.3 is 5.97 Å². The van der Waals surface area contributed by atoms with Crippen LogP contribution in [0.25, 0.3) is 11.6 Å². The fourth-order valence-corrected chi connectivity index (χ4v) is 5.19. The molecule has 5 heteroatoms. The summed E-state index contributed by atoms with van der Waals surface area (Å²) in [5, 5.41) is 0. The first kappa shape index (κ1) is 23.4. The second-order valence-corrected chi connectivity index (χ2v) is 9.78. The van der Waals surface area contributed by atoms with Gasteiger partial charge < -0.3 is 4.74 Å². The molecule has 0 aromatic heterocycles. The van der Waals surface area contributed by atoms with E-state index in [1.54, 1.807) is 12.1 Å². The maximum Gasteiger partial charge on any atom is 0.330 e. The van der Waals surface area contributed by atoms with Crippen LogP contribution >= 0.6 is 0 Å². The highest BCUT2D eigenvalue weighted by Gasteiger charge is 2.45. The number of ether oxygens (including phenoxy) is 1. The van der Waals surface area contributed by atoms with E-state index in [4.69, 9.17) is 0 Å². The molecule has 0 bridgehead atoms. The van der Waals surface area contributed by atoms with Crippen LogP contribution < -0.4 is 0 Å². The zero-order valence-corrected chi connectivity index (χ0v) is 19.7. The van der Waals surface area contributed by atoms with E-state index in [0.29, 0.717) is 17.7 Å². The SMILES string of the molecule is COC(=O)/C=C/c1ccc(C2C3=C(CC(C)(C)N2C[C@H](C)CF)c2ccccc2C3)c(F)c1. The lowest BCUT2D eigenvalue weighted by Crippen LogP contribution is -2.51. The van der Waals surface area contributed by atoms with Crippen LogP contribution in [0.3, 0.4) is 0 Å². The van der Waals surface area contributed by atoms with Gasteiger partial charge in [0, 0.05) is 23.7 Å². The van der Waals surface area contributed by atoms with Gasteiger partial charge in [-0.05, 0) is 72.6 Å². The Balaban J connectivity index is 1.81. The number of nitrogens with zero attached hydrogens (tertiary/aromatic N) is 1. The van der Waals surface area contributed by atoms with Crippen molar-refractivity contribution in [2.45, 2.75) is 45.2 Å². The number of fused-ring (bicyclic) bond motifs is 2. The lowest BCUT2D eigenvalue weighted by molar-refractivity contribution is -0.134. The molecule has 33 heavy (non-hydrogen) atoms. The Morgan fingerprint density at radius 3 is 2.73 bits per heavy atom. The summed E-state index contributed by atoms with van der Waals surface area (Å²) in [6.07, 6.45) is 4.44. The predicted molar refractivity (Wildman–Crippen MR) is 128 cm³/mol. The second-order valence-electron chi connectivity index (χ2n) is 9.78. The van der Waals surface area contributed by atoms with Crippen LogP contribution in [-0.4, -0.2) is 36.7 Å². The minimum Gasteiger partial charge on any atom is -0.466 e. The number of hydrogen-bond acceptors (Lipinski definition) is 3. The number of esters is 1. The number of hydrogen-bond donors (Lipinski definition) is 0. The van der Waals surface area contributed by atoms with Crippen LogP contribution in [0.5, 0.6) is 0 Å². The minimum absolute atomic E-state index is 0.150. The summed E-state index contributed by atoms with van der Waals surface area (Å²) < 4.78 is 33.8. The molecular formula is C28H31F2NO2. The van der Waals surface area contributed by atoms with E-state index in [9.17, 15) is 9.18 Å². The molecular weight excluding hydrogens is 420 g/mol. The van der Waals surface area contributed by atoms with Crippen molar-refractivity contribution in [2.75, 3.05) is 20.3 Å². The Kier molecular flexibility index (Phi) is 6.53. The Morgan fingerprint density at radius 1 is 1.27 bits per heavy atom. The molecule has 0 amide bonds. The summed E-state index contributed by atoms with van der Waals surface area (Å²) in [6.45, 7) is 6.37. The molecule has 1 aliphatic heterocycles. The normalized spacial score (nSPS) is 20.6. The summed E-state index contributed by atoms with van der Waals surface area (Å²) in [5.41, 5.74) is 5.93. The smallest absolute Gasteiger partial charge is 0.330 e. The largest absolute Gasteiger partial charge is 0.466 e. The zero-order chi connectivity index (χ0) is 23.8. The average molecular weight is 452 g/mol. The van der Waals surface area contributed by atoms with Gasteiger partial charge in [0.05, 0.1) is 19.8 Å². The van der Waals surface area contributed by atoms with Crippen molar-refractivity contribution >= 4 is 17.6 Å². The molecule has 174 valence electrons. The third-order valence-corrected chi connectivity index (χ3v) is 6.84. The van der Waals surface area contributed by atoms with E-state index in [2.05, 4.69) is 41.7 Å². The quantitative estimate of drug-likeness (QED) is 0.390. The van der Waals surface area contributed by atoms with Crippen molar-refractivity contribution in [3.8, 4) is 0 Å². The van der Waals surface area contributed by atoms with E-state index >= 15 is 4.39 Å². The van der Waals surface area contributed by atoms with Crippen LogP contribution in [0.15, 0.2) is 54.1 Å². The van der Waals surface area contributed by atoms with Gasteiger partial charge in [-0.15, -0.1) is 0 Å². The Bertz CT molecular complexity index is 1120. The standard InChI is InChI=1S/C28H31F2NO2/c1-18(16-29)17-31-27(22-11-9-19(13-25(22)30)10-12-26(32)33-4)23-14-20-7-5-6-8-21(20)24(23)15-28(31,2)3/h5-13,18,27H,14-17H2,1-4H3/b12-10+/t18-,27?/m1/s1. The molecule has 0 saturated heterocycles. The number of methoxy groups -OCH3 is 1. The first-order valence-corrected chi connectivity index (χ1v) is 11.4. The number of benzene rings is 2. The molecule has 0 fully saturated rings. The number of alkyl halides is 1. The van der Waals surface area contributed by atoms with Gasteiger partial charge in [0.25, 0.3) is 0 Å². The van der Waals surface area contributed by atoms with Crippen molar-refractivity contribution in [1.29, 1.82) is 0 Å². The van der Waals surface area contributed by atoms with Crippen molar-refractivity contribution in [2.24, 2.45) is 5.92 Å². The van der Waals surface area contributed by atoms with Crippen molar-refractivity contribution in [3.63, 3.8) is 0 Å². The average Bonchev–Trinajstić information content (AvgIpc) is 3.15. The van der Waals surface area contributed by atoms with Gasteiger partial charge in [-0.2, -0.15) is 0 Å². The molecule has 1 unspecified atom stereocenters. The third-order valence-electron chi connectivity index (χ3n) is 6.84. The van der Waals surface area contributed by atoms with Crippen LogP contribution in [0.2, 0.25) is 0 Å². The molecule has 2 aliphatic rings. The highest BCUT2D eigenvalue weighted by molar-refractivity contribution is 5.87. The van der Waals surface area contributed by atoms with Crippen LogP contribution in [0, 0.1) is 11.7 Å². The van der Waals surface area contributed by atoms with E-state index in [1.165, 1.54) is 41.5 Å². The molecule has 2 aromatic carbocycles. The van der Waals surface area contributed by atoms with Crippen LogP contribution in [0.1, 0.15) is 55.5 Å². The number of carbonyl (C=O) groups is 1. The molecule has 3 nitrogen and oxygen atoms in total. The van der Waals surface area contributed by atoms with E-state index < -0.39 is 12.6 Å². The summed E-state index contributed by atoms with van der Waals surface area (Å²) in [6, 6.07) is 13.2. The van der Waals surface area contributed by atoms with E-state index in [-0.39, 0.29) is 23.3 Å². The maximum absolute atomic E-state index is 15.6. The van der Waals surface area contributed by atoms with Crippen molar-refractivity contribution < 1.29 is 18.3 Å². The second kappa shape index (κ2) is 9.22. The minimum atomic E-state index is -0.488. The Morgan fingerprint density at radius 2 is 2.03 bits per heavy atom. The van der Waals surface area contributed by atoms with Gasteiger partial charge in [-0.25, -0.2) is 9.18 Å². The number of halogens is 2. The molecule has 0 radical (unpaired) electrons. The van der Waals surface area contributed by atoms with Gasteiger partial charge in [-0.3, -0.25) is 9.29 Å². The summed E-state index contributed by atoms with van der Waals surface area (Å²) in [7, 11) is 1.30. The molecule has 0 spiro atoms. The predicted octanol–water partition coefficient (Wildman–Crippen LogP) is 6.15. The maximum atomic E-state index is 15.6. The van der Waals surface area contributed by atoms with Crippen molar-refractivity contribution in [1.82, 2.24) is 4.90 Å². The Labute approximate surface area is 194 Å². The molecule has 1 heterocycles.